The molecule has 0 bridgehead atoms. The lowest BCUT2D eigenvalue weighted by Crippen LogP contribution is -1.98. The van der Waals surface area contributed by atoms with Gasteiger partial charge in [-0.05, 0) is 30.3 Å². The van der Waals surface area contributed by atoms with Gasteiger partial charge in [-0.15, -0.1) is 0 Å². The molecular formula is C12H8Cl2O3. The van der Waals surface area contributed by atoms with Gasteiger partial charge in [-0.1, -0.05) is 23.2 Å². The molecule has 0 atom stereocenters. The number of methoxy groups -OCH3 is 1. The normalized spacial score (nSPS) is 10.3. The Morgan fingerprint density at radius 3 is 2.41 bits per heavy atom. The highest BCUT2D eigenvalue weighted by Gasteiger charge is 2.12. The van der Waals surface area contributed by atoms with Crippen LogP contribution in [0.15, 0.2) is 34.7 Å². The first-order valence-electron chi connectivity index (χ1n) is 4.75. The fourth-order valence-electron chi connectivity index (χ4n) is 1.40. The van der Waals surface area contributed by atoms with E-state index in [1.807, 2.05) is 0 Å². The topological polar surface area (TPSA) is 39.4 Å². The summed E-state index contributed by atoms with van der Waals surface area (Å²) in [7, 11) is 1.29. The number of ether oxygens (including phenoxy) is 1. The lowest BCUT2D eigenvalue weighted by Gasteiger charge is -1.99. The maximum atomic E-state index is 11.2. The van der Waals surface area contributed by atoms with Gasteiger partial charge in [-0.25, -0.2) is 4.79 Å². The number of benzene rings is 1. The average Bonchev–Trinajstić information content (AvgIpc) is 2.76. The van der Waals surface area contributed by atoms with E-state index in [9.17, 15) is 4.79 Å². The highest BCUT2D eigenvalue weighted by molar-refractivity contribution is 6.35. The minimum absolute atomic E-state index is 0.138. The zero-order chi connectivity index (χ0) is 12.4. The summed E-state index contributed by atoms with van der Waals surface area (Å²) in [5.41, 5.74) is 0.706. The van der Waals surface area contributed by atoms with Gasteiger partial charge >= 0.3 is 5.97 Å². The molecule has 0 spiro atoms. The van der Waals surface area contributed by atoms with Crippen LogP contribution in [0.3, 0.4) is 0 Å². The molecule has 0 N–H and O–H groups in total. The van der Waals surface area contributed by atoms with Crippen LogP contribution in [0.25, 0.3) is 11.3 Å². The summed E-state index contributed by atoms with van der Waals surface area (Å²) in [5, 5.41) is 1.01. The van der Waals surface area contributed by atoms with Crippen molar-refractivity contribution in [2.45, 2.75) is 0 Å². The van der Waals surface area contributed by atoms with E-state index in [-0.39, 0.29) is 5.76 Å². The predicted octanol–water partition coefficient (Wildman–Crippen LogP) is 4.04. The van der Waals surface area contributed by atoms with Crippen molar-refractivity contribution in [1.82, 2.24) is 0 Å². The number of furan rings is 1. The van der Waals surface area contributed by atoms with E-state index in [1.54, 1.807) is 24.3 Å². The lowest BCUT2D eigenvalue weighted by molar-refractivity contribution is 0.0566. The summed E-state index contributed by atoms with van der Waals surface area (Å²) >= 11 is 11.8. The van der Waals surface area contributed by atoms with Gasteiger partial charge in [0.25, 0.3) is 0 Å². The van der Waals surface area contributed by atoms with Crippen LogP contribution in [-0.2, 0) is 4.74 Å². The fourth-order valence-corrected chi connectivity index (χ4v) is 1.93. The van der Waals surface area contributed by atoms with Crippen molar-refractivity contribution in [3.05, 3.63) is 46.1 Å². The van der Waals surface area contributed by atoms with Crippen LogP contribution in [-0.4, -0.2) is 13.1 Å². The summed E-state index contributed by atoms with van der Waals surface area (Å²) in [5.74, 6) is 0.123. The first kappa shape index (κ1) is 12.0. The van der Waals surface area contributed by atoms with Crippen LogP contribution in [0.4, 0.5) is 0 Å². The number of hydrogen-bond donors (Lipinski definition) is 0. The van der Waals surface area contributed by atoms with Gasteiger partial charge in [0.15, 0.2) is 0 Å². The molecule has 2 rings (SSSR count). The van der Waals surface area contributed by atoms with Crippen LogP contribution in [0.2, 0.25) is 10.0 Å². The molecule has 0 aliphatic rings. The van der Waals surface area contributed by atoms with Gasteiger partial charge < -0.3 is 9.15 Å². The Morgan fingerprint density at radius 1 is 1.18 bits per heavy atom. The Morgan fingerprint density at radius 2 is 1.82 bits per heavy atom. The number of esters is 1. The van der Waals surface area contributed by atoms with Crippen molar-refractivity contribution in [3.8, 4) is 11.3 Å². The molecular weight excluding hydrogens is 263 g/mol. The predicted molar refractivity (Wildman–Crippen MR) is 65.5 cm³/mol. The minimum atomic E-state index is -0.524. The molecule has 1 heterocycles. The number of rotatable bonds is 2. The van der Waals surface area contributed by atoms with Crippen molar-refractivity contribution in [2.75, 3.05) is 7.11 Å². The number of carbonyl (C=O) groups is 1. The molecule has 3 nitrogen and oxygen atoms in total. The smallest absolute Gasteiger partial charge is 0.373 e. The molecule has 0 unspecified atom stereocenters. The van der Waals surface area contributed by atoms with Crippen LogP contribution in [0.5, 0.6) is 0 Å². The molecule has 0 saturated carbocycles. The van der Waals surface area contributed by atoms with E-state index >= 15 is 0 Å². The van der Waals surface area contributed by atoms with Gasteiger partial charge in [-0.2, -0.15) is 0 Å². The summed E-state index contributed by atoms with van der Waals surface area (Å²) in [6.45, 7) is 0. The number of halogens is 2. The minimum Gasteiger partial charge on any atom is -0.463 e. The van der Waals surface area contributed by atoms with Gasteiger partial charge in [0, 0.05) is 15.6 Å². The zero-order valence-electron chi connectivity index (χ0n) is 8.87. The van der Waals surface area contributed by atoms with Crippen LogP contribution in [0.1, 0.15) is 10.6 Å². The lowest BCUT2D eigenvalue weighted by atomic mass is 10.2. The van der Waals surface area contributed by atoms with E-state index in [0.29, 0.717) is 21.4 Å². The van der Waals surface area contributed by atoms with E-state index in [0.717, 1.165) is 0 Å². The SMILES string of the molecule is COC(=O)c1ccc(-c2cc(Cl)cc(Cl)c2)o1. The van der Waals surface area contributed by atoms with Gasteiger partial charge in [0.05, 0.1) is 7.11 Å². The average molecular weight is 271 g/mol. The van der Waals surface area contributed by atoms with Crippen LogP contribution < -0.4 is 0 Å². The third kappa shape index (κ3) is 2.62. The Bertz CT molecular complexity index is 540. The quantitative estimate of drug-likeness (QED) is 0.774. The molecule has 0 amide bonds. The van der Waals surface area contributed by atoms with E-state index in [1.165, 1.54) is 13.2 Å². The molecule has 88 valence electrons. The van der Waals surface area contributed by atoms with Crippen molar-refractivity contribution < 1.29 is 13.9 Å². The molecule has 0 saturated heterocycles. The third-order valence-corrected chi connectivity index (χ3v) is 2.58. The summed E-state index contributed by atoms with van der Waals surface area (Å²) in [6, 6.07) is 8.22. The first-order valence-corrected chi connectivity index (χ1v) is 5.50. The van der Waals surface area contributed by atoms with Crippen LogP contribution in [0, 0.1) is 0 Å². The Balaban J connectivity index is 2.40. The zero-order valence-corrected chi connectivity index (χ0v) is 10.4. The number of hydrogen-bond acceptors (Lipinski definition) is 3. The Labute approximate surface area is 108 Å². The molecule has 0 aliphatic carbocycles. The molecule has 0 aliphatic heterocycles. The fraction of sp³-hybridized carbons (Fsp3) is 0.0833. The largest absolute Gasteiger partial charge is 0.463 e. The van der Waals surface area contributed by atoms with Gasteiger partial charge in [-0.3, -0.25) is 0 Å². The van der Waals surface area contributed by atoms with Crippen molar-refractivity contribution in [3.63, 3.8) is 0 Å². The van der Waals surface area contributed by atoms with Gasteiger partial charge in [0.1, 0.15) is 5.76 Å². The standard InChI is InChI=1S/C12H8Cl2O3/c1-16-12(15)11-3-2-10(17-11)7-4-8(13)6-9(14)5-7/h2-6H,1H3. The van der Waals surface area contributed by atoms with Gasteiger partial charge in [0.2, 0.25) is 5.76 Å². The van der Waals surface area contributed by atoms with Crippen molar-refractivity contribution in [1.29, 1.82) is 0 Å². The maximum Gasteiger partial charge on any atom is 0.373 e. The molecule has 0 fully saturated rings. The summed E-state index contributed by atoms with van der Waals surface area (Å²) in [4.78, 5) is 11.2. The molecule has 17 heavy (non-hydrogen) atoms. The Hall–Kier alpha value is -1.45. The molecule has 1 aromatic heterocycles. The molecule has 2 aromatic rings. The van der Waals surface area contributed by atoms with Crippen LogP contribution >= 0.6 is 23.2 Å². The monoisotopic (exact) mass is 270 g/mol. The molecule has 5 heteroatoms. The Kier molecular flexibility index (Phi) is 3.41. The molecule has 0 radical (unpaired) electrons. The second kappa shape index (κ2) is 4.82. The van der Waals surface area contributed by atoms with E-state index in [2.05, 4.69) is 4.74 Å². The third-order valence-electron chi connectivity index (χ3n) is 2.14. The molecule has 1 aromatic carbocycles. The second-order valence-electron chi connectivity index (χ2n) is 3.31. The maximum absolute atomic E-state index is 11.2. The van der Waals surface area contributed by atoms with Crippen molar-refractivity contribution >= 4 is 29.2 Å². The van der Waals surface area contributed by atoms with Crippen molar-refractivity contribution in [2.24, 2.45) is 0 Å². The number of carbonyl (C=O) groups excluding carboxylic acids is 1. The summed E-state index contributed by atoms with van der Waals surface area (Å²) in [6.07, 6.45) is 0. The summed E-state index contributed by atoms with van der Waals surface area (Å²) < 4.78 is 9.89. The van der Waals surface area contributed by atoms with E-state index < -0.39 is 5.97 Å². The first-order chi connectivity index (χ1) is 8.10. The van der Waals surface area contributed by atoms with E-state index in [4.69, 9.17) is 27.6 Å². The highest BCUT2D eigenvalue weighted by Crippen LogP contribution is 2.28. The highest BCUT2D eigenvalue weighted by atomic mass is 35.5. The second-order valence-corrected chi connectivity index (χ2v) is 4.19.